The lowest BCUT2D eigenvalue weighted by Gasteiger charge is -2.30. The lowest BCUT2D eigenvalue weighted by Crippen LogP contribution is -2.39. The summed E-state index contributed by atoms with van der Waals surface area (Å²) in [6, 6.07) is 2.90. The number of carbonyl (C=O) groups is 1. The van der Waals surface area contributed by atoms with Gasteiger partial charge in [-0.05, 0) is 36.6 Å². The van der Waals surface area contributed by atoms with Gasteiger partial charge in [-0.1, -0.05) is 0 Å². The van der Waals surface area contributed by atoms with E-state index in [2.05, 4.69) is 26.6 Å². The number of rotatable bonds is 3. The molecule has 1 aromatic rings. The van der Waals surface area contributed by atoms with Crippen molar-refractivity contribution >= 4 is 22.9 Å². The Morgan fingerprint density at radius 1 is 1.24 bits per heavy atom. The summed E-state index contributed by atoms with van der Waals surface area (Å²) >= 11 is 1.67. The van der Waals surface area contributed by atoms with Crippen LogP contribution < -0.4 is 4.90 Å². The molecular formula is C16H22N2O2S. The van der Waals surface area contributed by atoms with Gasteiger partial charge in [-0.15, -0.1) is 0 Å². The average molecular weight is 306 g/mol. The molecule has 3 aliphatic heterocycles. The van der Waals surface area contributed by atoms with Crippen molar-refractivity contribution in [1.29, 1.82) is 0 Å². The van der Waals surface area contributed by atoms with Crippen LogP contribution in [0.15, 0.2) is 16.8 Å². The smallest absolute Gasteiger partial charge is 0.228 e. The summed E-state index contributed by atoms with van der Waals surface area (Å²) in [5, 5.41) is 4.16. The maximum Gasteiger partial charge on any atom is 0.228 e. The quantitative estimate of drug-likeness (QED) is 0.859. The van der Waals surface area contributed by atoms with Gasteiger partial charge in [0.25, 0.3) is 0 Å². The minimum Gasteiger partial charge on any atom is -0.381 e. The molecule has 0 unspecified atom stereocenters. The van der Waals surface area contributed by atoms with Crippen molar-refractivity contribution in [2.45, 2.75) is 37.8 Å². The number of anilines is 1. The first kappa shape index (κ1) is 13.7. The highest BCUT2D eigenvalue weighted by Gasteiger charge is 2.47. The molecule has 3 fully saturated rings. The molecule has 0 saturated carbocycles. The molecule has 3 saturated heterocycles. The van der Waals surface area contributed by atoms with E-state index in [0.717, 1.165) is 44.3 Å². The first-order valence-electron chi connectivity index (χ1n) is 7.99. The van der Waals surface area contributed by atoms with Crippen LogP contribution in [0.4, 0.5) is 5.69 Å². The molecule has 3 aliphatic rings. The van der Waals surface area contributed by atoms with E-state index in [-0.39, 0.29) is 0 Å². The Hall–Kier alpha value is -0.910. The van der Waals surface area contributed by atoms with Crippen LogP contribution in [0.2, 0.25) is 0 Å². The maximum atomic E-state index is 12.4. The van der Waals surface area contributed by atoms with Crippen molar-refractivity contribution in [3.05, 3.63) is 16.8 Å². The lowest BCUT2D eigenvalue weighted by molar-refractivity contribution is -0.117. The first-order valence-corrected chi connectivity index (χ1v) is 8.93. The fraction of sp³-hybridized carbons (Fsp3) is 0.688. The van der Waals surface area contributed by atoms with Crippen LogP contribution >= 0.6 is 11.3 Å². The van der Waals surface area contributed by atoms with Gasteiger partial charge in [-0.25, -0.2) is 0 Å². The molecule has 0 aromatic carbocycles. The third kappa shape index (κ3) is 2.51. The third-order valence-electron chi connectivity index (χ3n) is 5.23. The Kier molecular flexibility index (Phi) is 3.73. The van der Waals surface area contributed by atoms with E-state index in [4.69, 9.17) is 4.74 Å². The second-order valence-electron chi connectivity index (χ2n) is 6.42. The number of thiophene rings is 1. The van der Waals surface area contributed by atoms with Crippen molar-refractivity contribution in [1.82, 2.24) is 4.90 Å². The normalized spacial score (nSPS) is 31.0. The number of nitrogens with zero attached hydrogens (tertiary/aromatic N) is 2. The summed E-state index contributed by atoms with van der Waals surface area (Å²) in [5.41, 5.74) is 1.10. The SMILES string of the molecule is O=C1C[C@H]2[C@@H](CCN2CC2CCOCC2)N1c1ccsc1. The van der Waals surface area contributed by atoms with Gasteiger partial charge in [0.05, 0.1) is 11.7 Å². The standard InChI is InChI=1S/C16H22N2O2S/c19-16-9-15-14(18(16)13-4-8-21-11-13)1-5-17(15)10-12-2-6-20-7-3-12/h4,8,11-12,14-15H,1-3,5-7,9-10H2/t14-,15+/m1/s1. The van der Waals surface area contributed by atoms with Crippen LogP contribution in [0.25, 0.3) is 0 Å². The summed E-state index contributed by atoms with van der Waals surface area (Å²) in [7, 11) is 0. The minimum absolute atomic E-state index is 0.306. The van der Waals surface area contributed by atoms with Crippen molar-refractivity contribution < 1.29 is 9.53 Å². The number of hydrogen-bond acceptors (Lipinski definition) is 4. The summed E-state index contributed by atoms with van der Waals surface area (Å²) in [6.07, 6.45) is 4.17. The highest BCUT2D eigenvalue weighted by Crippen LogP contribution is 2.37. The van der Waals surface area contributed by atoms with Gasteiger partial charge in [0.15, 0.2) is 0 Å². The topological polar surface area (TPSA) is 32.8 Å². The van der Waals surface area contributed by atoms with Crippen molar-refractivity contribution in [2.75, 3.05) is 31.2 Å². The molecule has 0 aliphatic carbocycles. The first-order chi connectivity index (χ1) is 10.3. The summed E-state index contributed by atoms with van der Waals surface area (Å²) in [4.78, 5) is 17.0. The highest BCUT2D eigenvalue weighted by atomic mass is 32.1. The van der Waals surface area contributed by atoms with Gasteiger partial charge in [0, 0.05) is 44.1 Å². The van der Waals surface area contributed by atoms with Crippen molar-refractivity contribution in [3.63, 3.8) is 0 Å². The largest absolute Gasteiger partial charge is 0.381 e. The Labute approximate surface area is 129 Å². The molecule has 0 N–H and O–H groups in total. The van der Waals surface area contributed by atoms with E-state index < -0.39 is 0 Å². The van der Waals surface area contributed by atoms with Crippen LogP contribution in [-0.2, 0) is 9.53 Å². The van der Waals surface area contributed by atoms with Crippen LogP contribution in [0.1, 0.15) is 25.7 Å². The molecule has 0 radical (unpaired) electrons. The van der Waals surface area contributed by atoms with Gasteiger partial charge in [0.1, 0.15) is 0 Å². The van der Waals surface area contributed by atoms with Gasteiger partial charge >= 0.3 is 0 Å². The van der Waals surface area contributed by atoms with Crippen LogP contribution in [0.5, 0.6) is 0 Å². The number of ether oxygens (including phenoxy) is 1. The monoisotopic (exact) mass is 306 g/mol. The summed E-state index contributed by atoms with van der Waals surface area (Å²) < 4.78 is 5.45. The van der Waals surface area contributed by atoms with Gasteiger partial charge in [-0.3, -0.25) is 9.69 Å². The van der Waals surface area contributed by atoms with E-state index in [1.807, 2.05) is 0 Å². The maximum absolute atomic E-state index is 12.4. The van der Waals surface area contributed by atoms with E-state index in [9.17, 15) is 4.79 Å². The molecule has 4 nitrogen and oxygen atoms in total. The molecule has 2 atom stereocenters. The van der Waals surface area contributed by atoms with Crippen LogP contribution in [-0.4, -0.2) is 49.2 Å². The Bertz CT molecular complexity index is 498. The number of carbonyl (C=O) groups excluding carboxylic acids is 1. The average Bonchev–Trinajstić information content (AvgIpc) is 3.19. The second kappa shape index (κ2) is 5.71. The molecule has 5 heteroatoms. The van der Waals surface area contributed by atoms with Crippen molar-refractivity contribution in [2.24, 2.45) is 5.92 Å². The zero-order valence-electron chi connectivity index (χ0n) is 12.2. The molecule has 1 aromatic heterocycles. The summed E-state index contributed by atoms with van der Waals surface area (Å²) in [6.45, 7) is 4.11. The van der Waals surface area contributed by atoms with E-state index in [1.165, 1.54) is 12.8 Å². The second-order valence-corrected chi connectivity index (χ2v) is 7.20. The van der Waals surface area contributed by atoms with Gasteiger partial charge in [0.2, 0.25) is 5.91 Å². The van der Waals surface area contributed by atoms with Crippen molar-refractivity contribution in [3.8, 4) is 0 Å². The lowest BCUT2D eigenvalue weighted by atomic mass is 9.99. The fourth-order valence-corrected chi connectivity index (χ4v) is 4.77. The predicted molar refractivity (Wildman–Crippen MR) is 83.7 cm³/mol. The van der Waals surface area contributed by atoms with E-state index in [1.54, 1.807) is 11.3 Å². The Morgan fingerprint density at radius 2 is 2.10 bits per heavy atom. The molecule has 1 amide bonds. The Morgan fingerprint density at radius 3 is 2.86 bits per heavy atom. The molecule has 0 spiro atoms. The van der Waals surface area contributed by atoms with Crippen LogP contribution in [0, 0.1) is 5.92 Å². The number of likely N-dealkylation sites (tertiary alicyclic amines) is 1. The molecule has 21 heavy (non-hydrogen) atoms. The summed E-state index contributed by atoms with van der Waals surface area (Å²) in [5.74, 6) is 1.06. The minimum atomic E-state index is 0.306. The number of fused-ring (bicyclic) bond motifs is 1. The molecule has 4 heterocycles. The zero-order valence-corrected chi connectivity index (χ0v) is 13.1. The molecule has 0 bridgehead atoms. The van der Waals surface area contributed by atoms with E-state index >= 15 is 0 Å². The highest BCUT2D eigenvalue weighted by molar-refractivity contribution is 7.08. The predicted octanol–water partition coefficient (Wildman–Crippen LogP) is 2.35. The van der Waals surface area contributed by atoms with E-state index in [0.29, 0.717) is 24.4 Å². The third-order valence-corrected chi connectivity index (χ3v) is 5.90. The molecule has 4 rings (SSSR count). The molecular weight excluding hydrogens is 284 g/mol. The molecule has 114 valence electrons. The number of amides is 1. The zero-order chi connectivity index (χ0) is 14.2. The van der Waals surface area contributed by atoms with Gasteiger partial charge in [-0.2, -0.15) is 11.3 Å². The van der Waals surface area contributed by atoms with Crippen LogP contribution in [0.3, 0.4) is 0 Å². The number of hydrogen-bond donors (Lipinski definition) is 0. The van der Waals surface area contributed by atoms with Gasteiger partial charge < -0.3 is 9.64 Å². The fourth-order valence-electron chi connectivity index (χ4n) is 4.15. The Balaban J connectivity index is 1.46.